The lowest BCUT2D eigenvalue weighted by molar-refractivity contribution is -0.0719. The highest BCUT2D eigenvalue weighted by molar-refractivity contribution is 5.06. The topological polar surface area (TPSA) is 45.8 Å². The van der Waals surface area contributed by atoms with E-state index in [0.29, 0.717) is 5.76 Å². The van der Waals surface area contributed by atoms with Crippen LogP contribution < -0.4 is 0 Å². The number of aliphatic hydroxyl groups excluding tert-OH is 1. The molecule has 1 fully saturated rings. The molecule has 0 aromatic carbocycles. The molecule has 0 amide bonds. The van der Waals surface area contributed by atoms with E-state index in [1.807, 2.05) is 12.1 Å². The van der Waals surface area contributed by atoms with Crippen molar-refractivity contribution in [1.29, 1.82) is 0 Å². The van der Waals surface area contributed by atoms with Crippen LogP contribution in [-0.4, -0.2) is 35.3 Å². The maximum Gasteiger partial charge on any atom is 0.129 e. The van der Waals surface area contributed by atoms with Crippen LogP contribution >= 0.6 is 0 Å². The average Bonchev–Trinajstić information content (AvgIpc) is 2.64. The molecule has 1 aliphatic rings. The van der Waals surface area contributed by atoms with E-state index >= 15 is 0 Å². The summed E-state index contributed by atoms with van der Waals surface area (Å²) in [6.45, 7) is 6.79. The molecule has 1 aromatic heterocycles. The largest absolute Gasteiger partial charge is 0.462 e. The zero-order valence-corrected chi connectivity index (χ0v) is 9.85. The number of ether oxygens (including phenoxy) is 1. The molecule has 1 aliphatic heterocycles. The van der Waals surface area contributed by atoms with Gasteiger partial charge in [-0.25, -0.2) is 0 Å². The second-order valence-corrected chi connectivity index (χ2v) is 4.48. The normalized spacial score (nSPS) is 27.2. The fraction of sp³-hybridized carbons (Fsp3) is 0.667. The Labute approximate surface area is 95.8 Å². The standard InChI is InChI=1S/C12H19NO3/c1-9-5-13(6-10(2)15-9)7-11-3-4-12(8-14)16-11/h3-4,9-10,14H,5-8H2,1-2H3/t9-,10+. The van der Waals surface area contributed by atoms with Gasteiger partial charge in [-0.1, -0.05) is 0 Å². The van der Waals surface area contributed by atoms with Gasteiger partial charge in [0.1, 0.15) is 18.1 Å². The van der Waals surface area contributed by atoms with Crippen LogP contribution in [0.3, 0.4) is 0 Å². The molecule has 16 heavy (non-hydrogen) atoms. The summed E-state index contributed by atoms with van der Waals surface area (Å²) in [4.78, 5) is 2.32. The van der Waals surface area contributed by atoms with Gasteiger partial charge in [-0.3, -0.25) is 4.90 Å². The van der Waals surface area contributed by atoms with Crippen LogP contribution in [0.1, 0.15) is 25.4 Å². The summed E-state index contributed by atoms with van der Waals surface area (Å²) in [5, 5.41) is 8.91. The molecule has 1 aromatic rings. The van der Waals surface area contributed by atoms with Crippen LogP contribution in [0.5, 0.6) is 0 Å². The summed E-state index contributed by atoms with van der Waals surface area (Å²) in [6, 6.07) is 3.75. The predicted molar refractivity (Wildman–Crippen MR) is 59.9 cm³/mol. The smallest absolute Gasteiger partial charge is 0.129 e. The third-order valence-electron chi connectivity index (χ3n) is 2.75. The van der Waals surface area contributed by atoms with Gasteiger partial charge < -0.3 is 14.3 Å². The lowest BCUT2D eigenvalue weighted by Crippen LogP contribution is -2.44. The quantitative estimate of drug-likeness (QED) is 0.844. The SMILES string of the molecule is C[C@@H]1CN(Cc2ccc(CO)o2)C[C@H](C)O1. The van der Waals surface area contributed by atoms with E-state index < -0.39 is 0 Å². The molecular weight excluding hydrogens is 206 g/mol. The molecule has 2 rings (SSSR count). The van der Waals surface area contributed by atoms with Gasteiger partial charge in [0.2, 0.25) is 0 Å². The van der Waals surface area contributed by atoms with Crippen LogP contribution in [0, 0.1) is 0 Å². The molecule has 1 N–H and O–H groups in total. The second kappa shape index (κ2) is 4.99. The third kappa shape index (κ3) is 2.84. The summed E-state index contributed by atoms with van der Waals surface area (Å²) in [6.07, 6.45) is 0.548. The Hall–Kier alpha value is -0.840. The Morgan fingerprint density at radius 3 is 2.44 bits per heavy atom. The van der Waals surface area contributed by atoms with Crippen molar-refractivity contribution in [1.82, 2.24) is 4.90 Å². The maximum atomic E-state index is 8.91. The first kappa shape index (κ1) is 11.6. The van der Waals surface area contributed by atoms with E-state index in [1.54, 1.807) is 0 Å². The van der Waals surface area contributed by atoms with Crippen molar-refractivity contribution in [3.05, 3.63) is 23.7 Å². The van der Waals surface area contributed by atoms with Crippen LogP contribution in [0.25, 0.3) is 0 Å². The highest BCUT2D eigenvalue weighted by Crippen LogP contribution is 2.15. The van der Waals surface area contributed by atoms with Gasteiger partial charge in [0.05, 0.1) is 18.8 Å². The third-order valence-corrected chi connectivity index (χ3v) is 2.75. The minimum atomic E-state index is -0.0318. The van der Waals surface area contributed by atoms with Gasteiger partial charge in [-0.05, 0) is 26.0 Å². The Bertz CT molecular complexity index is 327. The number of hydrogen-bond donors (Lipinski definition) is 1. The first-order valence-electron chi connectivity index (χ1n) is 5.73. The molecule has 4 heteroatoms. The van der Waals surface area contributed by atoms with Crippen molar-refractivity contribution in [2.75, 3.05) is 13.1 Å². The van der Waals surface area contributed by atoms with Gasteiger partial charge in [-0.15, -0.1) is 0 Å². The lowest BCUT2D eigenvalue weighted by atomic mass is 10.2. The van der Waals surface area contributed by atoms with Gasteiger partial charge >= 0.3 is 0 Å². The van der Waals surface area contributed by atoms with Gasteiger partial charge in [0.25, 0.3) is 0 Å². The highest BCUT2D eigenvalue weighted by Gasteiger charge is 2.22. The minimum Gasteiger partial charge on any atom is -0.462 e. The molecule has 0 spiro atoms. The number of aliphatic hydroxyl groups is 1. The van der Waals surface area contributed by atoms with Crippen LogP contribution in [0.15, 0.2) is 16.5 Å². The van der Waals surface area contributed by atoms with Crippen molar-refractivity contribution in [2.24, 2.45) is 0 Å². The molecule has 4 nitrogen and oxygen atoms in total. The van der Waals surface area contributed by atoms with Crippen molar-refractivity contribution >= 4 is 0 Å². The lowest BCUT2D eigenvalue weighted by Gasteiger charge is -2.34. The van der Waals surface area contributed by atoms with Crippen molar-refractivity contribution < 1.29 is 14.3 Å². The molecule has 90 valence electrons. The zero-order chi connectivity index (χ0) is 11.5. The second-order valence-electron chi connectivity index (χ2n) is 4.48. The number of nitrogens with zero attached hydrogens (tertiary/aromatic N) is 1. The number of furan rings is 1. The summed E-state index contributed by atoms with van der Waals surface area (Å²) in [5.74, 6) is 1.54. The fourth-order valence-corrected chi connectivity index (χ4v) is 2.23. The first-order valence-corrected chi connectivity index (χ1v) is 5.73. The highest BCUT2D eigenvalue weighted by atomic mass is 16.5. The summed E-state index contributed by atoms with van der Waals surface area (Å²) in [7, 11) is 0. The molecule has 0 aliphatic carbocycles. The molecule has 0 radical (unpaired) electrons. The molecular formula is C12H19NO3. The van der Waals surface area contributed by atoms with Gasteiger partial charge in [-0.2, -0.15) is 0 Å². The first-order chi connectivity index (χ1) is 7.67. The number of morpholine rings is 1. The van der Waals surface area contributed by atoms with E-state index in [2.05, 4.69) is 18.7 Å². The summed E-state index contributed by atoms with van der Waals surface area (Å²) >= 11 is 0. The van der Waals surface area contributed by atoms with E-state index in [9.17, 15) is 0 Å². The molecule has 2 atom stereocenters. The Morgan fingerprint density at radius 2 is 1.88 bits per heavy atom. The van der Waals surface area contributed by atoms with Crippen molar-refractivity contribution in [3.63, 3.8) is 0 Å². The summed E-state index contributed by atoms with van der Waals surface area (Å²) < 4.78 is 11.1. The Balaban J connectivity index is 1.93. The molecule has 2 heterocycles. The van der Waals surface area contributed by atoms with E-state index in [-0.39, 0.29) is 18.8 Å². The fourth-order valence-electron chi connectivity index (χ4n) is 2.23. The maximum absolute atomic E-state index is 8.91. The molecule has 0 bridgehead atoms. The Morgan fingerprint density at radius 1 is 1.25 bits per heavy atom. The molecule has 0 unspecified atom stereocenters. The molecule has 1 saturated heterocycles. The predicted octanol–water partition coefficient (Wildman–Crippen LogP) is 1.38. The van der Waals surface area contributed by atoms with E-state index in [1.165, 1.54) is 0 Å². The minimum absolute atomic E-state index is 0.0318. The van der Waals surface area contributed by atoms with E-state index in [0.717, 1.165) is 25.4 Å². The van der Waals surface area contributed by atoms with E-state index in [4.69, 9.17) is 14.3 Å². The van der Waals surface area contributed by atoms with Crippen LogP contribution in [0.2, 0.25) is 0 Å². The number of hydrogen-bond acceptors (Lipinski definition) is 4. The number of rotatable bonds is 3. The molecule has 0 saturated carbocycles. The van der Waals surface area contributed by atoms with Crippen LogP contribution in [0.4, 0.5) is 0 Å². The van der Waals surface area contributed by atoms with Gasteiger partial charge in [0, 0.05) is 13.1 Å². The van der Waals surface area contributed by atoms with Crippen molar-refractivity contribution in [2.45, 2.75) is 39.2 Å². The Kier molecular flexibility index (Phi) is 3.63. The monoisotopic (exact) mass is 225 g/mol. The van der Waals surface area contributed by atoms with Crippen molar-refractivity contribution in [3.8, 4) is 0 Å². The van der Waals surface area contributed by atoms with Crippen LogP contribution in [-0.2, 0) is 17.9 Å². The summed E-state index contributed by atoms with van der Waals surface area (Å²) in [5.41, 5.74) is 0. The zero-order valence-electron chi connectivity index (χ0n) is 9.85. The van der Waals surface area contributed by atoms with Gasteiger partial charge in [0.15, 0.2) is 0 Å². The average molecular weight is 225 g/mol.